The fourth-order valence-electron chi connectivity index (χ4n) is 2.15. The molecule has 138 valence electrons. The second-order valence-corrected chi connectivity index (χ2v) is 8.57. The van der Waals surface area contributed by atoms with E-state index in [-0.39, 0.29) is 29.7 Å². The van der Waals surface area contributed by atoms with Gasteiger partial charge in [0, 0.05) is 23.3 Å². The summed E-state index contributed by atoms with van der Waals surface area (Å²) < 4.78 is 24.4. The van der Waals surface area contributed by atoms with Crippen molar-refractivity contribution in [3.63, 3.8) is 0 Å². The number of halogens is 1. The molecule has 2 aromatic rings. The third-order valence-electron chi connectivity index (χ3n) is 3.48. The monoisotopic (exact) mass is 493 g/mol. The molecule has 1 aromatic carbocycles. The molecule has 0 unspecified atom stereocenters. The predicted molar refractivity (Wildman–Crippen MR) is 116 cm³/mol. The second-order valence-electron chi connectivity index (χ2n) is 5.21. The van der Waals surface area contributed by atoms with Crippen molar-refractivity contribution in [2.45, 2.75) is 24.8 Å². The number of guanidine groups is 1. The highest BCUT2D eigenvalue weighted by Crippen LogP contribution is 2.16. The van der Waals surface area contributed by atoms with Crippen molar-refractivity contribution in [1.29, 1.82) is 0 Å². The molecule has 0 bridgehead atoms. The molecule has 1 aromatic heterocycles. The molecule has 25 heavy (non-hydrogen) atoms. The van der Waals surface area contributed by atoms with Crippen molar-refractivity contribution in [3.05, 3.63) is 52.2 Å². The summed E-state index contributed by atoms with van der Waals surface area (Å²) in [5, 5.41) is 6.25. The molecule has 5 nitrogen and oxygen atoms in total. The van der Waals surface area contributed by atoms with Gasteiger partial charge in [-0.15, -0.1) is 35.3 Å². The first-order chi connectivity index (χ1) is 11.5. The lowest BCUT2D eigenvalue weighted by molar-refractivity contribution is 0.594. The lowest BCUT2D eigenvalue weighted by Crippen LogP contribution is -2.39. The fraction of sp³-hybridized carbons (Fsp3) is 0.353. The Morgan fingerprint density at radius 2 is 1.76 bits per heavy atom. The molecule has 0 amide bonds. The minimum Gasteiger partial charge on any atom is -0.355 e. The topological polar surface area (TPSA) is 70.6 Å². The molecule has 0 aliphatic carbocycles. The van der Waals surface area contributed by atoms with Crippen molar-refractivity contribution in [2.75, 3.05) is 19.3 Å². The number of aliphatic imine (C=N–C) groups is 1. The predicted octanol–water partition coefficient (Wildman–Crippen LogP) is 3.07. The highest BCUT2D eigenvalue weighted by molar-refractivity contribution is 14.0. The van der Waals surface area contributed by atoms with E-state index in [1.54, 1.807) is 48.7 Å². The molecule has 0 saturated heterocycles. The number of hydrogen-bond donors (Lipinski definition) is 2. The van der Waals surface area contributed by atoms with E-state index in [9.17, 15) is 8.42 Å². The Bertz CT molecular complexity index is 774. The average molecular weight is 493 g/mol. The summed E-state index contributed by atoms with van der Waals surface area (Å²) in [7, 11) is -1.60. The summed E-state index contributed by atoms with van der Waals surface area (Å²) >= 11 is 1.77. The van der Waals surface area contributed by atoms with Gasteiger partial charge in [-0.05, 0) is 30.7 Å². The summed E-state index contributed by atoms with van der Waals surface area (Å²) in [6, 6.07) is 12.7. The standard InChI is InChI=1S/C17H23N3O2S2.HI/c1-3-14-9-10-15(23-14)13-20-17(18-2)19-11-12-24(21,22)16-7-5-4-6-8-16;/h4-10H,3,11-13H2,1-2H3,(H2,18,19,20);1H. The van der Waals surface area contributed by atoms with E-state index in [1.807, 2.05) is 0 Å². The molecule has 8 heteroatoms. The van der Waals surface area contributed by atoms with Crippen LogP contribution in [0, 0.1) is 0 Å². The van der Waals surface area contributed by atoms with Gasteiger partial charge in [0.25, 0.3) is 0 Å². The van der Waals surface area contributed by atoms with Crippen LogP contribution in [-0.4, -0.2) is 33.7 Å². The number of rotatable bonds is 7. The first-order valence-electron chi connectivity index (χ1n) is 7.85. The van der Waals surface area contributed by atoms with Crippen LogP contribution in [0.25, 0.3) is 0 Å². The Balaban J connectivity index is 0.00000312. The van der Waals surface area contributed by atoms with Crippen molar-refractivity contribution < 1.29 is 8.42 Å². The Kier molecular flexibility index (Phi) is 9.44. The summed E-state index contributed by atoms with van der Waals surface area (Å²) in [6.07, 6.45) is 1.04. The van der Waals surface area contributed by atoms with E-state index in [0.29, 0.717) is 23.9 Å². The van der Waals surface area contributed by atoms with Gasteiger partial charge in [-0.1, -0.05) is 25.1 Å². The van der Waals surface area contributed by atoms with Crippen LogP contribution in [0.1, 0.15) is 16.7 Å². The van der Waals surface area contributed by atoms with Crippen LogP contribution in [0.3, 0.4) is 0 Å². The van der Waals surface area contributed by atoms with E-state index >= 15 is 0 Å². The van der Waals surface area contributed by atoms with Crippen LogP contribution in [0.5, 0.6) is 0 Å². The number of thiophene rings is 1. The van der Waals surface area contributed by atoms with Gasteiger partial charge in [0.05, 0.1) is 17.2 Å². The highest BCUT2D eigenvalue weighted by atomic mass is 127. The van der Waals surface area contributed by atoms with E-state index in [4.69, 9.17) is 0 Å². The molecular formula is C17H24IN3O2S2. The SMILES string of the molecule is CCc1ccc(CNC(=NC)NCCS(=O)(=O)c2ccccc2)s1.I. The second kappa shape index (κ2) is 10.8. The smallest absolute Gasteiger partial charge is 0.191 e. The molecule has 0 spiro atoms. The van der Waals surface area contributed by atoms with Gasteiger partial charge >= 0.3 is 0 Å². The molecule has 0 atom stereocenters. The van der Waals surface area contributed by atoms with E-state index in [0.717, 1.165) is 6.42 Å². The summed E-state index contributed by atoms with van der Waals surface area (Å²) in [6.45, 7) is 3.12. The first kappa shape index (κ1) is 21.9. The van der Waals surface area contributed by atoms with Crippen LogP contribution in [0.15, 0.2) is 52.4 Å². The van der Waals surface area contributed by atoms with Crippen molar-refractivity contribution in [3.8, 4) is 0 Å². The van der Waals surface area contributed by atoms with Gasteiger partial charge < -0.3 is 10.6 Å². The third kappa shape index (κ3) is 6.95. The molecular weight excluding hydrogens is 469 g/mol. The lowest BCUT2D eigenvalue weighted by Gasteiger charge is -2.11. The summed E-state index contributed by atoms with van der Waals surface area (Å²) in [4.78, 5) is 7.05. The lowest BCUT2D eigenvalue weighted by atomic mass is 10.4. The number of aryl methyl sites for hydroxylation is 1. The van der Waals surface area contributed by atoms with Crippen LogP contribution >= 0.6 is 35.3 Å². The van der Waals surface area contributed by atoms with Gasteiger partial charge in [0.2, 0.25) is 0 Å². The molecule has 2 N–H and O–H groups in total. The number of nitrogens with zero attached hydrogens (tertiary/aromatic N) is 1. The zero-order chi connectivity index (χ0) is 17.4. The summed E-state index contributed by atoms with van der Waals surface area (Å²) in [5.74, 6) is 0.626. The highest BCUT2D eigenvalue weighted by Gasteiger charge is 2.13. The largest absolute Gasteiger partial charge is 0.355 e. The van der Waals surface area contributed by atoms with Crippen molar-refractivity contribution in [2.24, 2.45) is 4.99 Å². The molecule has 0 aliphatic heterocycles. The minimum atomic E-state index is -3.27. The molecule has 0 saturated carbocycles. The quantitative estimate of drug-likeness (QED) is 0.354. The number of nitrogens with one attached hydrogen (secondary N) is 2. The van der Waals surface area contributed by atoms with Gasteiger partial charge in [-0.3, -0.25) is 4.99 Å². The van der Waals surface area contributed by atoms with Crippen LogP contribution in [0.2, 0.25) is 0 Å². The zero-order valence-corrected chi connectivity index (χ0v) is 18.3. The van der Waals surface area contributed by atoms with E-state index in [1.165, 1.54) is 9.75 Å². The van der Waals surface area contributed by atoms with E-state index in [2.05, 4.69) is 34.7 Å². The summed E-state index contributed by atoms with van der Waals surface area (Å²) in [5.41, 5.74) is 0. The maximum absolute atomic E-state index is 12.2. The van der Waals surface area contributed by atoms with Crippen LogP contribution in [0.4, 0.5) is 0 Å². The van der Waals surface area contributed by atoms with Gasteiger partial charge in [-0.25, -0.2) is 8.42 Å². The maximum Gasteiger partial charge on any atom is 0.191 e. The molecule has 2 rings (SSSR count). The normalized spacial score (nSPS) is 11.7. The number of benzene rings is 1. The Morgan fingerprint density at radius 3 is 2.36 bits per heavy atom. The fourth-order valence-corrected chi connectivity index (χ4v) is 4.22. The minimum absolute atomic E-state index is 0. The molecule has 0 aliphatic rings. The van der Waals surface area contributed by atoms with Gasteiger partial charge in [0.1, 0.15) is 0 Å². The number of hydrogen-bond acceptors (Lipinski definition) is 4. The van der Waals surface area contributed by atoms with Crippen LogP contribution in [-0.2, 0) is 22.8 Å². The van der Waals surface area contributed by atoms with Gasteiger partial charge in [0.15, 0.2) is 15.8 Å². The van der Waals surface area contributed by atoms with E-state index < -0.39 is 9.84 Å². The van der Waals surface area contributed by atoms with Gasteiger partial charge in [-0.2, -0.15) is 0 Å². The third-order valence-corrected chi connectivity index (χ3v) is 6.45. The van der Waals surface area contributed by atoms with Crippen molar-refractivity contribution in [1.82, 2.24) is 10.6 Å². The average Bonchev–Trinajstić information content (AvgIpc) is 3.06. The zero-order valence-electron chi connectivity index (χ0n) is 14.4. The number of sulfone groups is 1. The first-order valence-corrected chi connectivity index (χ1v) is 10.3. The maximum atomic E-state index is 12.2. The molecule has 0 radical (unpaired) electrons. The molecule has 1 heterocycles. The Hall–Kier alpha value is -1.13. The Morgan fingerprint density at radius 1 is 1.08 bits per heavy atom. The Labute approximate surface area is 170 Å². The van der Waals surface area contributed by atoms with Crippen molar-refractivity contribution >= 4 is 51.1 Å². The van der Waals surface area contributed by atoms with Crippen LogP contribution < -0.4 is 10.6 Å². The molecule has 0 fully saturated rings.